The van der Waals surface area contributed by atoms with E-state index in [1.54, 1.807) is 6.07 Å². The van der Waals surface area contributed by atoms with Crippen LogP contribution in [0.5, 0.6) is 0 Å². The molecule has 3 heteroatoms. The lowest BCUT2D eigenvalue weighted by molar-refractivity contribution is 0.0920. The number of nitriles is 1. The summed E-state index contributed by atoms with van der Waals surface area (Å²) in [6.45, 7) is 1.95. The molecule has 17 heavy (non-hydrogen) atoms. The molecule has 0 spiro atoms. The zero-order valence-corrected chi connectivity index (χ0v) is 9.99. The highest BCUT2D eigenvalue weighted by molar-refractivity contribution is 5.95. The summed E-state index contributed by atoms with van der Waals surface area (Å²) < 4.78 is 0. The molecule has 1 saturated carbocycles. The number of hydrogen-bond donors (Lipinski definition) is 1. The van der Waals surface area contributed by atoms with E-state index < -0.39 is 5.54 Å². The molecule has 1 aromatic carbocycles. The minimum Gasteiger partial charge on any atom is -0.334 e. The number of carbonyl (C=O) groups excluding carboxylic acids is 1. The molecule has 1 aliphatic carbocycles. The van der Waals surface area contributed by atoms with Crippen LogP contribution in [-0.4, -0.2) is 11.4 Å². The second-order valence-electron chi connectivity index (χ2n) is 4.72. The lowest BCUT2D eigenvalue weighted by Gasteiger charge is -2.22. The standard InChI is InChI=1S/C14H16N2O/c1-11-5-4-6-12(9-11)13(17)16-14(10-15)7-2-3-8-14/h4-6,9H,2-3,7-8H2,1H3,(H,16,17). The third-order valence-corrected chi connectivity index (χ3v) is 3.30. The van der Waals surface area contributed by atoms with E-state index >= 15 is 0 Å². The number of benzene rings is 1. The van der Waals surface area contributed by atoms with Gasteiger partial charge in [0.1, 0.15) is 5.54 Å². The number of nitrogens with zero attached hydrogens (tertiary/aromatic N) is 1. The molecule has 88 valence electrons. The molecule has 0 heterocycles. The van der Waals surface area contributed by atoms with Crippen LogP contribution in [-0.2, 0) is 0 Å². The highest BCUT2D eigenvalue weighted by Gasteiger charge is 2.35. The second kappa shape index (κ2) is 4.58. The number of hydrogen-bond acceptors (Lipinski definition) is 2. The van der Waals surface area contributed by atoms with E-state index in [9.17, 15) is 10.1 Å². The first-order valence-corrected chi connectivity index (χ1v) is 5.96. The summed E-state index contributed by atoms with van der Waals surface area (Å²) in [5.41, 5.74) is 1.04. The number of amides is 1. The van der Waals surface area contributed by atoms with Crippen LogP contribution >= 0.6 is 0 Å². The van der Waals surface area contributed by atoms with Crippen molar-refractivity contribution in [3.63, 3.8) is 0 Å². The van der Waals surface area contributed by atoms with Gasteiger partial charge in [0.05, 0.1) is 6.07 Å². The van der Waals surface area contributed by atoms with Crippen molar-refractivity contribution in [1.82, 2.24) is 5.32 Å². The van der Waals surface area contributed by atoms with Gasteiger partial charge in [0, 0.05) is 5.56 Å². The smallest absolute Gasteiger partial charge is 0.252 e. The minimum absolute atomic E-state index is 0.142. The molecular formula is C14H16N2O. The maximum atomic E-state index is 12.1. The van der Waals surface area contributed by atoms with Crippen molar-refractivity contribution >= 4 is 5.91 Å². The Labute approximate surface area is 101 Å². The first-order valence-electron chi connectivity index (χ1n) is 5.96. The van der Waals surface area contributed by atoms with Crippen molar-refractivity contribution < 1.29 is 4.79 Å². The van der Waals surface area contributed by atoms with Gasteiger partial charge in [0.2, 0.25) is 0 Å². The molecule has 0 saturated heterocycles. The van der Waals surface area contributed by atoms with Gasteiger partial charge in [-0.2, -0.15) is 5.26 Å². The van der Waals surface area contributed by atoms with Gasteiger partial charge in [-0.25, -0.2) is 0 Å². The molecule has 1 N–H and O–H groups in total. The molecule has 0 unspecified atom stereocenters. The molecule has 0 radical (unpaired) electrons. The zero-order chi connectivity index (χ0) is 12.3. The van der Waals surface area contributed by atoms with E-state index in [4.69, 9.17) is 0 Å². The third-order valence-electron chi connectivity index (χ3n) is 3.30. The number of rotatable bonds is 2. The molecule has 0 aromatic heterocycles. The van der Waals surface area contributed by atoms with Crippen LogP contribution < -0.4 is 5.32 Å². The van der Waals surface area contributed by atoms with Crippen LogP contribution in [0.3, 0.4) is 0 Å². The monoisotopic (exact) mass is 228 g/mol. The van der Waals surface area contributed by atoms with Crippen molar-refractivity contribution in [3.05, 3.63) is 35.4 Å². The molecule has 0 aliphatic heterocycles. The van der Waals surface area contributed by atoms with Gasteiger partial charge >= 0.3 is 0 Å². The van der Waals surface area contributed by atoms with Gasteiger partial charge in [-0.1, -0.05) is 17.7 Å². The summed E-state index contributed by atoms with van der Waals surface area (Å²) in [5, 5.41) is 12.1. The van der Waals surface area contributed by atoms with Crippen LogP contribution in [0.25, 0.3) is 0 Å². The fraction of sp³-hybridized carbons (Fsp3) is 0.429. The largest absolute Gasteiger partial charge is 0.334 e. The summed E-state index contributed by atoms with van der Waals surface area (Å²) in [6, 6.07) is 9.69. The van der Waals surface area contributed by atoms with Crippen LogP contribution in [0.15, 0.2) is 24.3 Å². The Balaban J connectivity index is 2.14. The van der Waals surface area contributed by atoms with Crippen LogP contribution in [0.2, 0.25) is 0 Å². The predicted octanol–water partition coefficient (Wildman–Crippen LogP) is 2.56. The summed E-state index contributed by atoms with van der Waals surface area (Å²) in [5.74, 6) is -0.142. The minimum atomic E-state index is -0.638. The molecule has 1 aromatic rings. The van der Waals surface area contributed by atoms with Gasteiger partial charge in [0.15, 0.2) is 0 Å². The van der Waals surface area contributed by atoms with Gasteiger partial charge < -0.3 is 5.32 Å². The molecule has 0 bridgehead atoms. The Morgan fingerprint density at radius 1 is 1.41 bits per heavy atom. The molecule has 0 atom stereocenters. The SMILES string of the molecule is Cc1cccc(C(=O)NC2(C#N)CCCC2)c1. The average molecular weight is 228 g/mol. The first-order chi connectivity index (χ1) is 8.15. The Hall–Kier alpha value is -1.82. The fourth-order valence-electron chi connectivity index (χ4n) is 2.32. The van der Waals surface area contributed by atoms with E-state index in [2.05, 4.69) is 11.4 Å². The summed E-state index contributed by atoms with van der Waals surface area (Å²) in [6.07, 6.45) is 3.56. The van der Waals surface area contributed by atoms with Crippen molar-refractivity contribution in [2.45, 2.75) is 38.1 Å². The van der Waals surface area contributed by atoms with Crippen LogP contribution in [0.4, 0.5) is 0 Å². The molecule has 2 rings (SSSR count). The van der Waals surface area contributed by atoms with E-state index in [0.29, 0.717) is 5.56 Å². The summed E-state index contributed by atoms with van der Waals surface area (Å²) in [7, 11) is 0. The Morgan fingerprint density at radius 3 is 2.71 bits per heavy atom. The fourth-order valence-corrected chi connectivity index (χ4v) is 2.32. The van der Waals surface area contributed by atoms with Gasteiger partial charge in [0.25, 0.3) is 5.91 Å². The second-order valence-corrected chi connectivity index (χ2v) is 4.72. The highest BCUT2D eigenvalue weighted by Crippen LogP contribution is 2.29. The van der Waals surface area contributed by atoms with Gasteiger partial charge in [-0.05, 0) is 44.7 Å². The van der Waals surface area contributed by atoms with Crippen LogP contribution in [0, 0.1) is 18.3 Å². The van der Waals surface area contributed by atoms with Gasteiger partial charge in [-0.15, -0.1) is 0 Å². The Kier molecular flexibility index (Phi) is 3.14. The van der Waals surface area contributed by atoms with Crippen molar-refractivity contribution in [2.24, 2.45) is 0 Å². The first kappa shape index (κ1) is 11.7. The lowest BCUT2D eigenvalue weighted by atomic mass is 9.99. The Morgan fingerprint density at radius 2 is 2.12 bits per heavy atom. The number of aryl methyl sites for hydroxylation is 1. The highest BCUT2D eigenvalue weighted by atomic mass is 16.1. The maximum absolute atomic E-state index is 12.1. The van der Waals surface area contributed by atoms with Crippen molar-refractivity contribution in [2.75, 3.05) is 0 Å². The Bertz CT molecular complexity index is 467. The quantitative estimate of drug-likeness (QED) is 0.845. The molecule has 1 aliphatic rings. The van der Waals surface area contributed by atoms with E-state index in [-0.39, 0.29) is 5.91 Å². The summed E-state index contributed by atoms with van der Waals surface area (Å²) >= 11 is 0. The average Bonchev–Trinajstić information content (AvgIpc) is 2.78. The van der Waals surface area contributed by atoms with Crippen molar-refractivity contribution in [3.8, 4) is 6.07 Å². The maximum Gasteiger partial charge on any atom is 0.252 e. The van der Waals surface area contributed by atoms with E-state index in [1.165, 1.54) is 0 Å². The van der Waals surface area contributed by atoms with E-state index in [0.717, 1.165) is 31.2 Å². The normalized spacial score (nSPS) is 17.4. The molecule has 1 fully saturated rings. The third kappa shape index (κ3) is 2.47. The van der Waals surface area contributed by atoms with Crippen LogP contribution in [0.1, 0.15) is 41.6 Å². The predicted molar refractivity (Wildman–Crippen MR) is 65.5 cm³/mol. The van der Waals surface area contributed by atoms with Crippen molar-refractivity contribution in [1.29, 1.82) is 5.26 Å². The molecule has 3 nitrogen and oxygen atoms in total. The lowest BCUT2D eigenvalue weighted by Crippen LogP contribution is -2.45. The topological polar surface area (TPSA) is 52.9 Å². The van der Waals surface area contributed by atoms with Gasteiger partial charge in [-0.3, -0.25) is 4.79 Å². The molecular weight excluding hydrogens is 212 g/mol. The number of carbonyl (C=O) groups is 1. The van der Waals surface area contributed by atoms with E-state index in [1.807, 2.05) is 25.1 Å². The summed E-state index contributed by atoms with van der Waals surface area (Å²) in [4.78, 5) is 12.1. The molecule has 1 amide bonds. The number of nitrogens with one attached hydrogen (secondary N) is 1. The zero-order valence-electron chi connectivity index (χ0n) is 9.99.